The quantitative estimate of drug-likeness (QED) is 0.886. The fraction of sp³-hybridized carbons (Fsp3) is 0.455. The van der Waals surface area contributed by atoms with Crippen molar-refractivity contribution in [2.45, 2.75) is 36.1 Å². The first-order valence-electron chi connectivity index (χ1n) is 9.74. The largest absolute Gasteiger partial charge is 0.496 e. The molecule has 136 valence electrons. The Morgan fingerprint density at radius 1 is 1.27 bits per heavy atom. The van der Waals surface area contributed by atoms with Gasteiger partial charge in [0.15, 0.2) is 0 Å². The molecular weight excluding hydrogens is 340 g/mol. The van der Waals surface area contributed by atoms with Crippen molar-refractivity contribution in [3.05, 3.63) is 53.1 Å². The van der Waals surface area contributed by atoms with Crippen molar-refractivity contribution >= 4 is 17.4 Å². The van der Waals surface area contributed by atoms with Crippen molar-refractivity contribution < 1.29 is 4.74 Å². The van der Waals surface area contributed by atoms with Crippen molar-refractivity contribution in [3.63, 3.8) is 0 Å². The Bertz CT molecular complexity index is 822. The molecule has 1 fully saturated rings. The van der Waals surface area contributed by atoms with E-state index in [0.717, 1.165) is 25.3 Å². The summed E-state index contributed by atoms with van der Waals surface area (Å²) in [6, 6.07) is 14.0. The van der Waals surface area contributed by atoms with E-state index in [4.69, 9.17) is 4.74 Å². The Hall–Kier alpha value is -1.65. The second-order valence-electron chi connectivity index (χ2n) is 7.58. The van der Waals surface area contributed by atoms with Crippen molar-refractivity contribution in [1.82, 2.24) is 5.32 Å². The van der Waals surface area contributed by atoms with E-state index in [1.807, 2.05) is 6.07 Å². The van der Waals surface area contributed by atoms with Crippen molar-refractivity contribution in [1.29, 1.82) is 0 Å². The molecule has 2 aromatic carbocycles. The second-order valence-corrected chi connectivity index (χ2v) is 8.72. The first-order chi connectivity index (χ1) is 12.8. The molecule has 0 unspecified atom stereocenters. The van der Waals surface area contributed by atoms with Crippen LogP contribution in [-0.2, 0) is 6.42 Å². The number of para-hydroxylation sites is 1. The third-order valence-electron chi connectivity index (χ3n) is 6.08. The second kappa shape index (κ2) is 6.82. The Morgan fingerprint density at radius 2 is 2.19 bits per heavy atom. The molecule has 0 aliphatic carbocycles. The molecule has 1 saturated heterocycles. The first-order valence-corrected chi connectivity index (χ1v) is 10.7. The van der Waals surface area contributed by atoms with Gasteiger partial charge in [-0.2, -0.15) is 0 Å². The molecule has 0 amide bonds. The molecule has 2 aromatic rings. The third-order valence-corrected chi connectivity index (χ3v) is 7.20. The van der Waals surface area contributed by atoms with E-state index >= 15 is 0 Å². The molecule has 3 aliphatic heterocycles. The molecule has 3 heterocycles. The zero-order chi connectivity index (χ0) is 17.5. The van der Waals surface area contributed by atoms with Crippen LogP contribution in [0.4, 0.5) is 5.69 Å². The fourth-order valence-electron chi connectivity index (χ4n) is 4.96. The van der Waals surface area contributed by atoms with Gasteiger partial charge in [0.25, 0.3) is 0 Å². The minimum Gasteiger partial charge on any atom is -0.496 e. The molecule has 0 saturated carbocycles. The summed E-state index contributed by atoms with van der Waals surface area (Å²) in [7, 11) is 1.77. The van der Waals surface area contributed by atoms with Gasteiger partial charge in [-0.25, -0.2) is 0 Å². The highest BCUT2D eigenvalue weighted by atomic mass is 32.2. The lowest BCUT2D eigenvalue weighted by atomic mass is 9.89. The Kier molecular flexibility index (Phi) is 4.33. The van der Waals surface area contributed by atoms with Crippen molar-refractivity contribution in [2.75, 3.05) is 37.4 Å². The van der Waals surface area contributed by atoms with Crippen LogP contribution in [0, 0.1) is 0 Å². The molecule has 26 heavy (non-hydrogen) atoms. The van der Waals surface area contributed by atoms with Gasteiger partial charge >= 0.3 is 0 Å². The van der Waals surface area contributed by atoms with E-state index in [-0.39, 0.29) is 0 Å². The number of methoxy groups -OCH3 is 1. The minimum atomic E-state index is 0.647. The SMILES string of the molecule is COc1ccccc1Cc1cc2c3c(c1)[C@@H]1CNCC[C@@H]1N3CCCS2. The van der Waals surface area contributed by atoms with Crippen LogP contribution in [0.3, 0.4) is 0 Å². The van der Waals surface area contributed by atoms with Gasteiger partial charge in [0.1, 0.15) is 5.75 Å². The zero-order valence-corrected chi connectivity index (χ0v) is 16.1. The number of nitrogens with zero attached hydrogens (tertiary/aromatic N) is 1. The molecular formula is C22H26N2OS. The van der Waals surface area contributed by atoms with Gasteiger partial charge in [0.05, 0.1) is 12.8 Å². The molecule has 3 aliphatic rings. The van der Waals surface area contributed by atoms with Crippen LogP contribution in [0.25, 0.3) is 0 Å². The van der Waals surface area contributed by atoms with Gasteiger partial charge in [-0.1, -0.05) is 24.3 Å². The fourth-order valence-corrected chi connectivity index (χ4v) is 6.06. The number of fused-ring (bicyclic) bond motifs is 3. The smallest absolute Gasteiger partial charge is 0.122 e. The predicted octanol–water partition coefficient (Wildman–Crippen LogP) is 4.05. The predicted molar refractivity (Wildman–Crippen MR) is 109 cm³/mol. The van der Waals surface area contributed by atoms with Gasteiger partial charge in [-0.3, -0.25) is 0 Å². The summed E-state index contributed by atoms with van der Waals surface area (Å²) >= 11 is 2.05. The third kappa shape index (κ3) is 2.71. The zero-order valence-electron chi connectivity index (χ0n) is 15.3. The summed E-state index contributed by atoms with van der Waals surface area (Å²) in [5.41, 5.74) is 5.83. The summed E-state index contributed by atoms with van der Waals surface area (Å²) in [6.45, 7) is 3.50. The maximum atomic E-state index is 5.58. The van der Waals surface area contributed by atoms with Crippen LogP contribution in [0.1, 0.15) is 35.4 Å². The molecule has 0 aromatic heterocycles. The van der Waals surface area contributed by atoms with Gasteiger partial charge in [-0.05, 0) is 54.0 Å². The van der Waals surface area contributed by atoms with Crippen LogP contribution >= 0.6 is 11.8 Å². The summed E-state index contributed by atoms with van der Waals surface area (Å²) in [4.78, 5) is 4.24. The maximum absolute atomic E-state index is 5.58. The van der Waals surface area contributed by atoms with E-state index in [0.29, 0.717) is 12.0 Å². The summed E-state index contributed by atoms with van der Waals surface area (Å²) in [5, 5.41) is 3.63. The van der Waals surface area contributed by atoms with Gasteiger partial charge in [-0.15, -0.1) is 11.8 Å². The van der Waals surface area contributed by atoms with Crippen LogP contribution in [0.5, 0.6) is 5.75 Å². The van der Waals surface area contributed by atoms with Crippen LogP contribution in [0.2, 0.25) is 0 Å². The summed E-state index contributed by atoms with van der Waals surface area (Å²) in [6.07, 6.45) is 3.50. The van der Waals surface area contributed by atoms with Crippen molar-refractivity contribution in [3.8, 4) is 5.75 Å². The lowest BCUT2D eigenvalue weighted by molar-refractivity contribution is 0.403. The molecule has 0 bridgehead atoms. The number of benzene rings is 2. The highest BCUT2D eigenvalue weighted by Crippen LogP contribution is 2.50. The molecule has 5 rings (SSSR count). The minimum absolute atomic E-state index is 0.647. The monoisotopic (exact) mass is 366 g/mol. The average Bonchev–Trinajstić information content (AvgIpc) is 2.84. The molecule has 1 N–H and O–H groups in total. The first kappa shape index (κ1) is 16.5. The highest BCUT2D eigenvalue weighted by Gasteiger charge is 2.41. The lowest BCUT2D eigenvalue weighted by Crippen LogP contribution is -2.44. The average molecular weight is 367 g/mol. The maximum Gasteiger partial charge on any atom is 0.122 e. The van der Waals surface area contributed by atoms with Gasteiger partial charge in [0, 0.05) is 36.4 Å². The molecule has 3 nitrogen and oxygen atoms in total. The number of hydrogen-bond acceptors (Lipinski definition) is 4. The Labute approximate surface area is 160 Å². The van der Waals surface area contributed by atoms with E-state index in [2.05, 4.69) is 52.3 Å². The number of rotatable bonds is 3. The number of piperidine rings is 1. The van der Waals surface area contributed by atoms with Gasteiger partial charge < -0.3 is 15.0 Å². The topological polar surface area (TPSA) is 24.5 Å². The van der Waals surface area contributed by atoms with Crippen LogP contribution in [0.15, 0.2) is 41.3 Å². The molecule has 2 atom stereocenters. The standard InChI is InChI=1S/C22H26N2OS/c1-25-20-6-3-2-5-16(20)11-15-12-17-18-14-23-8-7-19(18)24-9-4-10-26-21(13-15)22(17)24/h2-3,5-6,12-13,18-19,23H,4,7-11,14H2,1H3/t18-,19-/m0/s1. The van der Waals surface area contributed by atoms with E-state index in [9.17, 15) is 0 Å². The number of ether oxygens (including phenoxy) is 1. The number of anilines is 1. The number of thioether (sulfide) groups is 1. The molecule has 4 heteroatoms. The lowest BCUT2D eigenvalue weighted by Gasteiger charge is -2.33. The molecule has 0 radical (unpaired) electrons. The summed E-state index contributed by atoms with van der Waals surface area (Å²) < 4.78 is 5.58. The van der Waals surface area contributed by atoms with E-state index < -0.39 is 0 Å². The van der Waals surface area contributed by atoms with Crippen LogP contribution < -0.4 is 15.0 Å². The van der Waals surface area contributed by atoms with Crippen molar-refractivity contribution in [2.24, 2.45) is 0 Å². The Morgan fingerprint density at radius 3 is 3.12 bits per heavy atom. The van der Waals surface area contributed by atoms with Crippen LogP contribution in [-0.4, -0.2) is 38.5 Å². The number of nitrogens with one attached hydrogen (secondary N) is 1. The highest BCUT2D eigenvalue weighted by molar-refractivity contribution is 7.99. The molecule has 0 spiro atoms. The van der Waals surface area contributed by atoms with E-state index in [1.54, 1.807) is 18.4 Å². The number of hydrogen-bond donors (Lipinski definition) is 1. The van der Waals surface area contributed by atoms with Gasteiger partial charge in [0.2, 0.25) is 0 Å². The van der Waals surface area contributed by atoms with E-state index in [1.165, 1.54) is 41.2 Å². The Balaban J connectivity index is 1.57. The summed E-state index contributed by atoms with van der Waals surface area (Å²) in [5.74, 6) is 2.87. The normalized spacial score (nSPS) is 24.0.